The lowest BCUT2D eigenvalue weighted by atomic mass is 9.86. The third-order valence-electron chi connectivity index (χ3n) is 3.53. The van der Waals surface area contributed by atoms with Gasteiger partial charge in [0.05, 0.1) is 0 Å². The maximum atomic E-state index is 10.9. The quantitative estimate of drug-likeness (QED) is 0.857. The summed E-state index contributed by atoms with van der Waals surface area (Å²) in [5.41, 5.74) is 1.78. The summed E-state index contributed by atoms with van der Waals surface area (Å²) < 4.78 is 0. The van der Waals surface area contributed by atoms with Gasteiger partial charge >= 0.3 is 0 Å². The summed E-state index contributed by atoms with van der Waals surface area (Å²) in [5.74, 6) is 0.593. The van der Waals surface area contributed by atoms with Crippen molar-refractivity contribution in [3.8, 4) is 0 Å². The van der Waals surface area contributed by atoms with E-state index < -0.39 is 5.60 Å². The van der Waals surface area contributed by atoms with Crippen molar-refractivity contribution in [1.29, 1.82) is 0 Å². The molecule has 0 aliphatic rings. The molecular weight excluding hydrogens is 268 g/mol. The predicted molar refractivity (Wildman–Crippen MR) is 85.1 cm³/mol. The van der Waals surface area contributed by atoms with Crippen LogP contribution in [0, 0.1) is 5.92 Å². The molecule has 1 nitrogen and oxygen atoms in total. The zero-order valence-corrected chi connectivity index (χ0v) is 13.0. The molecule has 0 saturated heterocycles. The van der Waals surface area contributed by atoms with Crippen LogP contribution in [0.5, 0.6) is 0 Å². The van der Waals surface area contributed by atoms with E-state index in [0.29, 0.717) is 10.9 Å². The van der Waals surface area contributed by atoms with Crippen molar-refractivity contribution in [2.45, 2.75) is 32.8 Å². The van der Waals surface area contributed by atoms with Crippen LogP contribution in [0.15, 0.2) is 48.5 Å². The minimum atomic E-state index is -1.08. The van der Waals surface area contributed by atoms with Gasteiger partial charge in [-0.05, 0) is 36.5 Å². The summed E-state index contributed by atoms with van der Waals surface area (Å²) in [7, 11) is 0. The van der Waals surface area contributed by atoms with E-state index in [4.69, 9.17) is 11.6 Å². The summed E-state index contributed by atoms with van der Waals surface area (Å²) in [6, 6.07) is 15.6. The third-order valence-corrected chi connectivity index (χ3v) is 3.86. The fourth-order valence-electron chi connectivity index (χ4n) is 2.48. The van der Waals surface area contributed by atoms with Gasteiger partial charge in [0.25, 0.3) is 0 Å². The van der Waals surface area contributed by atoms with E-state index in [9.17, 15) is 5.11 Å². The third kappa shape index (κ3) is 3.23. The van der Waals surface area contributed by atoms with Crippen LogP contribution in [0.4, 0.5) is 0 Å². The van der Waals surface area contributed by atoms with E-state index in [-0.39, 0.29) is 0 Å². The minimum absolute atomic E-state index is 0.590. The summed E-state index contributed by atoms with van der Waals surface area (Å²) in [6.45, 7) is 6.18. The van der Waals surface area contributed by atoms with Gasteiger partial charge in [0.15, 0.2) is 0 Å². The average molecular weight is 289 g/mol. The number of benzene rings is 2. The van der Waals surface area contributed by atoms with E-state index in [1.54, 1.807) is 6.92 Å². The molecule has 20 heavy (non-hydrogen) atoms. The Kier molecular flexibility index (Phi) is 4.52. The molecule has 0 amide bonds. The van der Waals surface area contributed by atoms with Gasteiger partial charge in [-0.3, -0.25) is 0 Å². The number of hydrogen-bond acceptors (Lipinski definition) is 1. The highest BCUT2D eigenvalue weighted by molar-refractivity contribution is 6.31. The number of halogens is 1. The lowest BCUT2D eigenvalue weighted by Gasteiger charge is -2.26. The molecular formula is C18H21ClO. The lowest BCUT2D eigenvalue weighted by molar-refractivity contribution is 0.102. The molecule has 0 spiro atoms. The molecule has 0 radical (unpaired) electrons. The highest BCUT2D eigenvalue weighted by Gasteiger charge is 2.27. The highest BCUT2D eigenvalue weighted by atomic mass is 35.5. The number of hydrogen-bond donors (Lipinski definition) is 1. The molecule has 2 rings (SSSR count). The van der Waals surface area contributed by atoms with E-state index in [2.05, 4.69) is 26.0 Å². The summed E-state index contributed by atoms with van der Waals surface area (Å²) in [6.07, 6.45) is 1.01. The summed E-state index contributed by atoms with van der Waals surface area (Å²) >= 11 is 6.22. The largest absolute Gasteiger partial charge is 0.381 e. The van der Waals surface area contributed by atoms with Gasteiger partial charge in [0.2, 0.25) is 0 Å². The second-order valence-corrected chi connectivity index (χ2v) is 6.26. The fourth-order valence-corrected chi connectivity index (χ4v) is 2.80. The molecule has 2 heteroatoms. The van der Waals surface area contributed by atoms with Crippen molar-refractivity contribution in [3.63, 3.8) is 0 Å². The Morgan fingerprint density at radius 1 is 1.10 bits per heavy atom. The summed E-state index contributed by atoms with van der Waals surface area (Å²) in [4.78, 5) is 0. The van der Waals surface area contributed by atoms with Gasteiger partial charge in [-0.2, -0.15) is 0 Å². The second-order valence-electron chi connectivity index (χ2n) is 5.85. The molecule has 1 N–H and O–H groups in total. The van der Waals surface area contributed by atoms with Crippen LogP contribution in [-0.4, -0.2) is 5.11 Å². The highest BCUT2D eigenvalue weighted by Crippen LogP contribution is 2.34. The smallest absolute Gasteiger partial charge is 0.113 e. The molecule has 0 aromatic heterocycles. The molecule has 1 unspecified atom stereocenters. The predicted octanol–water partition coefficient (Wildman–Crippen LogP) is 4.79. The first-order chi connectivity index (χ1) is 9.41. The van der Waals surface area contributed by atoms with Gasteiger partial charge in [-0.25, -0.2) is 0 Å². The summed E-state index contributed by atoms with van der Waals surface area (Å²) in [5, 5.41) is 11.5. The van der Waals surface area contributed by atoms with Crippen molar-refractivity contribution in [3.05, 3.63) is 70.2 Å². The Hall–Kier alpha value is -1.31. The molecule has 1 atom stereocenters. The van der Waals surface area contributed by atoms with Crippen molar-refractivity contribution >= 4 is 11.6 Å². The van der Waals surface area contributed by atoms with Gasteiger partial charge in [-0.1, -0.05) is 67.9 Å². The van der Waals surface area contributed by atoms with Gasteiger partial charge in [0.1, 0.15) is 5.60 Å². The van der Waals surface area contributed by atoms with Gasteiger partial charge < -0.3 is 5.11 Å². The standard InChI is InChI=1S/C18H21ClO/c1-13(2)11-14-7-6-8-15(12-14)18(3,20)16-9-4-5-10-17(16)19/h4-10,12-13,20H,11H2,1-3H3. The molecule has 0 fully saturated rings. The lowest BCUT2D eigenvalue weighted by Crippen LogP contribution is -2.23. The van der Waals surface area contributed by atoms with Crippen LogP contribution in [-0.2, 0) is 12.0 Å². The Morgan fingerprint density at radius 3 is 2.45 bits per heavy atom. The molecule has 0 aliphatic carbocycles. The van der Waals surface area contributed by atoms with Crippen molar-refractivity contribution < 1.29 is 5.11 Å². The van der Waals surface area contributed by atoms with E-state index >= 15 is 0 Å². The van der Waals surface area contributed by atoms with Crippen LogP contribution in [0.25, 0.3) is 0 Å². The van der Waals surface area contributed by atoms with Gasteiger partial charge in [-0.15, -0.1) is 0 Å². The van der Waals surface area contributed by atoms with Crippen LogP contribution in [0.1, 0.15) is 37.5 Å². The zero-order valence-electron chi connectivity index (χ0n) is 12.2. The Morgan fingerprint density at radius 2 is 1.80 bits per heavy atom. The van der Waals surface area contributed by atoms with E-state index in [0.717, 1.165) is 17.5 Å². The molecule has 0 saturated carbocycles. The molecule has 0 aliphatic heterocycles. The average Bonchev–Trinajstić information content (AvgIpc) is 2.38. The van der Waals surface area contributed by atoms with Crippen molar-refractivity contribution in [2.75, 3.05) is 0 Å². The zero-order chi connectivity index (χ0) is 14.8. The molecule has 2 aromatic rings. The monoisotopic (exact) mass is 288 g/mol. The van der Waals surface area contributed by atoms with Crippen molar-refractivity contribution in [1.82, 2.24) is 0 Å². The van der Waals surface area contributed by atoms with Crippen LogP contribution >= 0.6 is 11.6 Å². The molecule has 0 bridgehead atoms. The van der Waals surface area contributed by atoms with Gasteiger partial charge in [0, 0.05) is 10.6 Å². The normalized spacial score (nSPS) is 14.3. The Balaban J connectivity index is 2.41. The molecule has 106 valence electrons. The van der Waals surface area contributed by atoms with Crippen LogP contribution in [0.3, 0.4) is 0 Å². The first-order valence-corrected chi connectivity index (χ1v) is 7.36. The Labute approximate surface area is 126 Å². The number of aliphatic hydroxyl groups is 1. The maximum Gasteiger partial charge on any atom is 0.113 e. The van der Waals surface area contributed by atoms with Crippen molar-refractivity contribution in [2.24, 2.45) is 5.92 Å². The fraction of sp³-hybridized carbons (Fsp3) is 0.333. The molecule has 2 aromatic carbocycles. The topological polar surface area (TPSA) is 20.2 Å². The van der Waals surface area contributed by atoms with E-state index in [1.165, 1.54) is 5.56 Å². The van der Waals surface area contributed by atoms with Crippen LogP contribution in [0.2, 0.25) is 5.02 Å². The first kappa shape index (κ1) is 15.1. The Bertz CT molecular complexity index is 587. The second kappa shape index (κ2) is 5.99. The SMILES string of the molecule is CC(C)Cc1cccc(C(C)(O)c2ccccc2Cl)c1. The van der Waals surface area contributed by atoms with E-state index in [1.807, 2.05) is 36.4 Å². The minimum Gasteiger partial charge on any atom is -0.381 e. The van der Waals surface area contributed by atoms with Crippen LogP contribution < -0.4 is 0 Å². The first-order valence-electron chi connectivity index (χ1n) is 6.98. The maximum absolute atomic E-state index is 10.9. The number of rotatable bonds is 4. The molecule has 0 heterocycles.